The van der Waals surface area contributed by atoms with E-state index < -0.39 is 5.91 Å². The molecule has 1 heterocycles. The lowest BCUT2D eigenvalue weighted by Gasteiger charge is -2.36. The topological polar surface area (TPSA) is 83.1 Å². The fraction of sp³-hybridized carbons (Fsp3) is 0.364. The number of para-hydroxylation sites is 3. The van der Waals surface area contributed by atoms with Gasteiger partial charge in [-0.1, -0.05) is 30.3 Å². The number of nitrogens with zero attached hydrogens (tertiary/aromatic N) is 2. The zero-order valence-electron chi connectivity index (χ0n) is 17.2. The monoisotopic (exact) mass is 412 g/mol. The number of rotatable bonds is 8. The van der Waals surface area contributed by atoms with E-state index in [0.717, 1.165) is 26.2 Å². The van der Waals surface area contributed by atoms with E-state index in [2.05, 4.69) is 32.8 Å². The Hall–Kier alpha value is -3.26. The summed E-state index contributed by atoms with van der Waals surface area (Å²) in [7, 11) is 1.53. The van der Waals surface area contributed by atoms with Crippen LogP contribution in [0.3, 0.4) is 0 Å². The minimum atomic E-state index is -0.439. The van der Waals surface area contributed by atoms with Crippen LogP contribution in [-0.2, 0) is 9.59 Å². The molecule has 0 saturated carbocycles. The van der Waals surface area contributed by atoms with Gasteiger partial charge in [0.2, 0.25) is 5.91 Å². The van der Waals surface area contributed by atoms with E-state index >= 15 is 0 Å². The number of piperazine rings is 1. The molecule has 3 rings (SSSR count). The average Bonchev–Trinajstić information content (AvgIpc) is 2.81. The van der Waals surface area contributed by atoms with Gasteiger partial charge in [0.1, 0.15) is 0 Å². The van der Waals surface area contributed by atoms with Crippen molar-refractivity contribution < 1.29 is 19.1 Å². The third-order valence-corrected chi connectivity index (χ3v) is 4.92. The van der Waals surface area contributed by atoms with Crippen LogP contribution in [0.15, 0.2) is 54.6 Å². The highest BCUT2D eigenvalue weighted by Crippen LogP contribution is 2.25. The minimum absolute atomic E-state index is 0.220. The Morgan fingerprint density at radius 2 is 1.50 bits per heavy atom. The number of methoxy groups -OCH3 is 1. The van der Waals surface area contributed by atoms with Gasteiger partial charge in [-0.3, -0.25) is 25.3 Å². The van der Waals surface area contributed by atoms with Gasteiger partial charge in [0, 0.05) is 44.8 Å². The normalized spacial score (nSPS) is 14.1. The second-order valence-electron chi connectivity index (χ2n) is 6.95. The molecule has 2 aromatic carbocycles. The molecule has 0 unspecified atom stereocenters. The first-order valence-corrected chi connectivity index (χ1v) is 10.0. The van der Waals surface area contributed by atoms with Crippen LogP contribution in [0.25, 0.3) is 0 Å². The summed E-state index contributed by atoms with van der Waals surface area (Å²) in [5.74, 6) is 0.342. The second-order valence-corrected chi connectivity index (χ2v) is 6.95. The molecule has 1 aliphatic rings. The zero-order valence-corrected chi connectivity index (χ0v) is 17.2. The van der Waals surface area contributed by atoms with E-state index in [9.17, 15) is 9.59 Å². The number of hydrazine groups is 1. The third-order valence-electron chi connectivity index (χ3n) is 4.92. The summed E-state index contributed by atoms with van der Waals surface area (Å²) >= 11 is 0. The van der Waals surface area contributed by atoms with Crippen LogP contribution in [0.1, 0.15) is 6.42 Å². The Labute approximate surface area is 176 Å². The molecular weight excluding hydrogens is 384 g/mol. The Kier molecular flexibility index (Phi) is 7.91. The Morgan fingerprint density at radius 3 is 2.20 bits per heavy atom. The molecule has 0 bridgehead atoms. The van der Waals surface area contributed by atoms with E-state index in [4.69, 9.17) is 9.47 Å². The van der Waals surface area contributed by atoms with Crippen LogP contribution in [0, 0.1) is 0 Å². The average molecular weight is 412 g/mol. The van der Waals surface area contributed by atoms with Crippen LogP contribution >= 0.6 is 0 Å². The molecule has 8 nitrogen and oxygen atoms in total. The Morgan fingerprint density at radius 1 is 0.867 bits per heavy atom. The summed E-state index contributed by atoms with van der Waals surface area (Å²) in [6, 6.07) is 17.4. The van der Waals surface area contributed by atoms with Gasteiger partial charge >= 0.3 is 0 Å². The van der Waals surface area contributed by atoms with Crippen molar-refractivity contribution in [2.45, 2.75) is 6.42 Å². The van der Waals surface area contributed by atoms with Crippen LogP contribution in [-0.4, -0.2) is 63.2 Å². The molecule has 2 N–H and O–H groups in total. The fourth-order valence-corrected chi connectivity index (χ4v) is 3.25. The van der Waals surface area contributed by atoms with Gasteiger partial charge in [-0.2, -0.15) is 0 Å². The van der Waals surface area contributed by atoms with Gasteiger partial charge in [-0.05, 0) is 24.3 Å². The van der Waals surface area contributed by atoms with E-state index in [1.54, 1.807) is 18.2 Å². The summed E-state index contributed by atoms with van der Waals surface area (Å²) in [6.07, 6.45) is 0.318. The quantitative estimate of drug-likeness (QED) is 0.639. The predicted molar refractivity (Wildman–Crippen MR) is 114 cm³/mol. The van der Waals surface area contributed by atoms with E-state index in [1.807, 2.05) is 24.3 Å². The summed E-state index contributed by atoms with van der Waals surface area (Å²) in [5, 5.41) is 0. The Bertz CT molecular complexity index is 823. The van der Waals surface area contributed by atoms with Gasteiger partial charge in [0.05, 0.1) is 7.11 Å². The van der Waals surface area contributed by atoms with Gasteiger partial charge in [-0.25, -0.2) is 0 Å². The van der Waals surface area contributed by atoms with Gasteiger partial charge in [-0.15, -0.1) is 0 Å². The summed E-state index contributed by atoms with van der Waals surface area (Å²) in [4.78, 5) is 28.5. The van der Waals surface area contributed by atoms with Crippen LogP contribution < -0.4 is 25.2 Å². The molecule has 2 aromatic rings. The number of amides is 2. The zero-order chi connectivity index (χ0) is 21.2. The highest BCUT2D eigenvalue weighted by molar-refractivity contribution is 5.82. The largest absolute Gasteiger partial charge is 0.493 e. The SMILES string of the molecule is COc1ccccc1OCC(=O)NNC(=O)CCN1CCN(c2ccccc2)CC1. The molecule has 0 spiro atoms. The van der Waals surface area contributed by atoms with Gasteiger partial charge < -0.3 is 14.4 Å². The van der Waals surface area contributed by atoms with Crippen molar-refractivity contribution in [1.29, 1.82) is 0 Å². The lowest BCUT2D eigenvalue weighted by molar-refractivity contribution is -0.130. The van der Waals surface area contributed by atoms with Crippen molar-refractivity contribution in [3.05, 3.63) is 54.6 Å². The van der Waals surface area contributed by atoms with Gasteiger partial charge in [0.15, 0.2) is 18.1 Å². The van der Waals surface area contributed by atoms with Crippen molar-refractivity contribution >= 4 is 17.5 Å². The highest BCUT2D eigenvalue weighted by Gasteiger charge is 2.17. The number of hydrogen-bond donors (Lipinski definition) is 2. The molecule has 1 aliphatic heterocycles. The molecule has 0 aromatic heterocycles. The van der Waals surface area contributed by atoms with Crippen LogP contribution in [0.2, 0.25) is 0 Å². The summed E-state index contributed by atoms with van der Waals surface area (Å²) in [5.41, 5.74) is 6.04. The number of nitrogens with one attached hydrogen (secondary N) is 2. The molecule has 1 saturated heterocycles. The lowest BCUT2D eigenvalue weighted by atomic mass is 10.2. The standard InChI is InChI=1S/C22H28N4O4/c1-29-19-9-5-6-10-20(19)30-17-22(28)24-23-21(27)11-12-25-13-15-26(16-14-25)18-7-3-2-4-8-18/h2-10H,11-17H2,1H3,(H,23,27)(H,24,28). The maximum absolute atomic E-state index is 12.0. The van der Waals surface area contributed by atoms with Crippen LogP contribution in [0.5, 0.6) is 11.5 Å². The maximum atomic E-state index is 12.0. The first-order valence-electron chi connectivity index (χ1n) is 10.0. The minimum Gasteiger partial charge on any atom is -0.493 e. The molecule has 30 heavy (non-hydrogen) atoms. The number of ether oxygens (including phenoxy) is 2. The summed E-state index contributed by atoms with van der Waals surface area (Å²) in [6.45, 7) is 4.11. The lowest BCUT2D eigenvalue weighted by Crippen LogP contribution is -2.48. The predicted octanol–water partition coefficient (Wildman–Crippen LogP) is 1.43. The van der Waals surface area contributed by atoms with Crippen molar-refractivity contribution in [1.82, 2.24) is 15.8 Å². The van der Waals surface area contributed by atoms with Gasteiger partial charge in [0.25, 0.3) is 5.91 Å². The Balaban J connectivity index is 1.30. The highest BCUT2D eigenvalue weighted by atomic mass is 16.5. The van der Waals surface area contributed by atoms with Crippen molar-refractivity contribution in [3.63, 3.8) is 0 Å². The number of hydrogen-bond acceptors (Lipinski definition) is 6. The van der Waals surface area contributed by atoms with Crippen molar-refractivity contribution in [2.24, 2.45) is 0 Å². The third kappa shape index (κ3) is 6.38. The second kappa shape index (κ2) is 11.1. The number of carbonyl (C=O) groups is 2. The van der Waals surface area contributed by atoms with E-state index in [-0.39, 0.29) is 12.5 Å². The van der Waals surface area contributed by atoms with Crippen molar-refractivity contribution in [3.8, 4) is 11.5 Å². The van der Waals surface area contributed by atoms with Crippen molar-refractivity contribution in [2.75, 3.05) is 51.3 Å². The van der Waals surface area contributed by atoms with E-state index in [1.165, 1.54) is 12.8 Å². The smallest absolute Gasteiger partial charge is 0.276 e. The molecule has 2 amide bonds. The molecule has 8 heteroatoms. The molecular formula is C22H28N4O4. The number of carbonyl (C=O) groups excluding carboxylic acids is 2. The molecule has 0 atom stereocenters. The molecule has 1 fully saturated rings. The molecule has 160 valence electrons. The summed E-state index contributed by atoms with van der Waals surface area (Å²) < 4.78 is 10.6. The maximum Gasteiger partial charge on any atom is 0.276 e. The number of anilines is 1. The first-order chi connectivity index (χ1) is 14.7. The first kappa shape index (κ1) is 21.4. The van der Waals surface area contributed by atoms with Crippen LogP contribution in [0.4, 0.5) is 5.69 Å². The molecule has 0 radical (unpaired) electrons. The molecule has 0 aliphatic carbocycles. The number of benzene rings is 2. The fourth-order valence-electron chi connectivity index (χ4n) is 3.25. The van der Waals surface area contributed by atoms with E-state index in [0.29, 0.717) is 24.5 Å².